The Balaban J connectivity index is 1.45. The molecule has 4 rings (SSSR count). The first-order valence-corrected chi connectivity index (χ1v) is 12.1. The zero-order valence-corrected chi connectivity index (χ0v) is 20.8. The van der Waals surface area contributed by atoms with E-state index in [9.17, 15) is 4.39 Å². The van der Waals surface area contributed by atoms with Crippen LogP contribution in [0, 0.1) is 17.7 Å². The highest BCUT2D eigenvalue weighted by molar-refractivity contribution is 7.20. The Labute approximate surface area is 212 Å². The third-order valence-corrected chi connectivity index (χ3v) is 6.30. The number of ether oxygens (including phenoxy) is 2. The number of nitrogens with one attached hydrogen (secondary N) is 2. The number of hydrogen-bond acceptors (Lipinski definition) is 7. The van der Waals surface area contributed by atoms with Crippen LogP contribution in [0.5, 0.6) is 5.75 Å². The zero-order chi connectivity index (χ0) is 24.6. The van der Waals surface area contributed by atoms with Crippen LogP contribution in [0.4, 0.5) is 15.9 Å². The van der Waals surface area contributed by atoms with Gasteiger partial charge in [-0.15, -0.1) is 11.3 Å². The Bertz CT molecular complexity index is 1370. The van der Waals surface area contributed by atoms with Gasteiger partial charge in [0, 0.05) is 19.3 Å². The van der Waals surface area contributed by atoms with E-state index in [1.165, 1.54) is 29.8 Å². The molecule has 0 aliphatic rings. The van der Waals surface area contributed by atoms with Crippen LogP contribution in [0.3, 0.4) is 0 Å². The summed E-state index contributed by atoms with van der Waals surface area (Å²) in [6, 6.07) is 13.7. The molecule has 35 heavy (non-hydrogen) atoms. The quantitative estimate of drug-likeness (QED) is 0.220. The fourth-order valence-corrected chi connectivity index (χ4v) is 4.39. The molecule has 180 valence electrons. The van der Waals surface area contributed by atoms with E-state index < -0.39 is 0 Å². The fraction of sp³-hybridized carbons (Fsp3) is 0.231. The monoisotopic (exact) mass is 510 g/mol. The molecule has 2 aromatic heterocycles. The SMILES string of the molecule is COCCNC(C)C#Cc1cc2ncnc(Nc3ccc(OCc4cccc(F)c4)c(Cl)c3)c2s1. The summed E-state index contributed by atoms with van der Waals surface area (Å²) in [5.41, 5.74) is 2.30. The van der Waals surface area contributed by atoms with Crippen molar-refractivity contribution in [1.29, 1.82) is 0 Å². The maximum Gasteiger partial charge on any atom is 0.151 e. The van der Waals surface area contributed by atoms with Crippen LogP contribution in [-0.4, -0.2) is 36.3 Å². The largest absolute Gasteiger partial charge is 0.487 e. The van der Waals surface area contributed by atoms with Crippen LogP contribution in [0.2, 0.25) is 5.02 Å². The van der Waals surface area contributed by atoms with Crippen LogP contribution in [0.1, 0.15) is 17.4 Å². The number of benzene rings is 2. The molecule has 1 atom stereocenters. The van der Waals surface area contributed by atoms with Gasteiger partial charge < -0.3 is 20.1 Å². The molecule has 2 N–H and O–H groups in total. The summed E-state index contributed by atoms with van der Waals surface area (Å²) in [5.74, 6) is 7.29. The lowest BCUT2D eigenvalue weighted by atomic mass is 10.2. The number of halogens is 2. The number of nitrogens with zero attached hydrogens (tertiary/aromatic N) is 2. The van der Waals surface area contributed by atoms with Gasteiger partial charge >= 0.3 is 0 Å². The third-order valence-electron chi connectivity index (χ3n) is 4.96. The minimum absolute atomic E-state index is 0.0443. The van der Waals surface area contributed by atoms with Crippen molar-refractivity contribution >= 4 is 44.7 Å². The van der Waals surface area contributed by atoms with E-state index in [2.05, 4.69) is 32.4 Å². The Hall–Kier alpha value is -3.22. The Morgan fingerprint density at radius 1 is 1.17 bits per heavy atom. The maximum absolute atomic E-state index is 13.4. The third kappa shape index (κ3) is 6.90. The lowest BCUT2D eigenvalue weighted by molar-refractivity contribution is 0.198. The predicted molar refractivity (Wildman–Crippen MR) is 139 cm³/mol. The van der Waals surface area contributed by atoms with Crippen molar-refractivity contribution in [2.45, 2.75) is 19.6 Å². The molecular formula is C26H24ClFN4O2S. The summed E-state index contributed by atoms with van der Waals surface area (Å²) in [4.78, 5) is 9.68. The minimum atomic E-state index is -0.302. The number of rotatable bonds is 9. The zero-order valence-electron chi connectivity index (χ0n) is 19.3. The molecule has 0 spiro atoms. The number of anilines is 2. The minimum Gasteiger partial charge on any atom is -0.487 e. The molecule has 6 nitrogen and oxygen atoms in total. The van der Waals surface area contributed by atoms with E-state index in [0.717, 1.165) is 32.9 Å². The van der Waals surface area contributed by atoms with Crippen LogP contribution < -0.4 is 15.4 Å². The highest BCUT2D eigenvalue weighted by Crippen LogP contribution is 2.33. The molecule has 1 unspecified atom stereocenters. The van der Waals surface area contributed by atoms with Crippen molar-refractivity contribution in [2.75, 3.05) is 25.6 Å². The van der Waals surface area contributed by atoms with E-state index >= 15 is 0 Å². The second-order valence-corrected chi connectivity index (χ2v) is 9.13. The summed E-state index contributed by atoms with van der Waals surface area (Å²) in [7, 11) is 1.67. The van der Waals surface area contributed by atoms with Crippen LogP contribution in [0.15, 0.2) is 54.9 Å². The topological polar surface area (TPSA) is 68.3 Å². The second kappa shape index (κ2) is 12.0. The van der Waals surface area contributed by atoms with Gasteiger partial charge in [0.05, 0.1) is 32.8 Å². The van der Waals surface area contributed by atoms with E-state index in [4.69, 9.17) is 21.1 Å². The van der Waals surface area contributed by atoms with Crippen LogP contribution in [-0.2, 0) is 11.3 Å². The molecule has 0 aliphatic heterocycles. The molecule has 2 heterocycles. The van der Waals surface area contributed by atoms with Gasteiger partial charge in [0.15, 0.2) is 5.82 Å². The molecule has 4 aromatic rings. The smallest absolute Gasteiger partial charge is 0.151 e. The standard InChI is InChI=1S/C26H24ClFN4O2S/c1-17(29-10-11-33-2)6-8-21-14-23-25(35-21)26(31-16-30-23)32-20-7-9-24(22(27)13-20)34-15-18-4-3-5-19(28)12-18/h3-5,7,9,12-14,16-17,29H,10-11,15H2,1-2H3,(H,30,31,32). The van der Waals surface area contributed by atoms with Crippen molar-refractivity contribution < 1.29 is 13.9 Å². The number of fused-ring (bicyclic) bond motifs is 1. The summed E-state index contributed by atoms with van der Waals surface area (Å²) in [6.07, 6.45) is 1.52. The Morgan fingerprint density at radius 2 is 2.06 bits per heavy atom. The molecule has 9 heteroatoms. The normalized spacial score (nSPS) is 11.7. The van der Waals surface area contributed by atoms with Gasteiger partial charge in [0.25, 0.3) is 0 Å². The summed E-state index contributed by atoms with van der Waals surface area (Å²) < 4.78 is 25.1. The first-order valence-electron chi connectivity index (χ1n) is 10.9. The van der Waals surface area contributed by atoms with Crippen LogP contribution >= 0.6 is 22.9 Å². The number of thiophene rings is 1. The molecule has 0 bridgehead atoms. The maximum atomic E-state index is 13.4. The van der Waals surface area contributed by atoms with Gasteiger partial charge in [0.2, 0.25) is 0 Å². The van der Waals surface area contributed by atoms with Gasteiger partial charge in [-0.1, -0.05) is 35.6 Å². The van der Waals surface area contributed by atoms with Gasteiger partial charge in [-0.05, 0) is 48.9 Å². The molecule has 0 amide bonds. The first-order chi connectivity index (χ1) is 17.0. The highest BCUT2D eigenvalue weighted by atomic mass is 35.5. The van der Waals surface area contributed by atoms with Crippen LogP contribution in [0.25, 0.3) is 10.2 Å². The predicted octanol–water partition coefficient (Wildman–Crippen LogP) is 5.78. The molecule has 0 saturated carbocycles. The molecule has 0 radical (unpaired) electrons. The summed E-state index contributed by atoms with van der Waals surface area (Å²) in [5, 5.41) is 7.03. The molecular weight excluding hydrogens is 487 g/mol. The van der Waals surface area contributed by atoms with Crippen molar-refractivity contribution in [3.8, 4) is 17.6 Å². The molecule has 0 saturated heterocycles. The molecule has 0 aliphatic carbocycles. The number of hydrogen-bond donors (Lipinski definition) is 2. The van der Waals surface area contributed by atoms with Crippen molar-refractivity contribution in [3.05, 3.63) is 76.1 Å². The number of aromatic nitrogens is 2. The van der Waals surface area contributed by atoms with Gasteiger partial charge in [0.1, 0.15) is 24.5 Å². The lowest BCUT2D eigenvalue weighted by Crippen LogP contribution is -2.27. The molecule has 2 aromatic carbocycles. The van der Waals surface area contributed by atoms with E-state index in [0.29, 0.717) is 23.2 Å². The summed E-state index contributed by atoms with van der Waals surface area (Å²) in [6.45, 7) is 3.62. The average molecular weight is 511 g/mol. The van der Waals surface area contributed by atoms with Crippen molar-refractivity contribution in [2.24, 2.45) is 0 Å². The Kier molecular flexibility index (Phi) is 8.50. The highest BCUT2D eigenvalue weighted by Gasteiger charge is 2.10. The first kappa shape index (κ1) is 24.9. The second-order valence-electron chi connectivity index (χ2n) is 7.67. The van der Waals surface area contributed by atoms with Gasteiger partial charge in [-0.25, -0.2) is 14.4 Å². The lowest BCUT2D eigenvalue weighted by Gasteiger charge is -2.11. The van der Waals surface area contributed by atoms with Crippen molar-refractivity contribution in [1.82, 2.24) is 15.3 Å². The number of methoxy groups -OCH3 is 1. The molecule has 0 fully saturated rings. The Morgan fingerprint density at radius 3 is 2.86 bits per heavy atom. The fourth-order valence-electron chi connectivity index (χ4n) is 3.23. The van der Waals surface area contributed by atoms with E-state index in [1.54, 1.807) is 31.4 Å². The van der Waals surface area contributed by atoms with Gasteiger partial charge in [-0.3, -0.25) is 0 Å². The van der Waals surface area contributed by atoms with E-state index in [-0.39, 0.29) is 18.5 Å². The average Bonchev–Trinajstić information content (AvgIpc) is 3.27. The van der Waals surface area contributed by atoms with Gasteiger partial charge in [-0.2, -0.15) is 0 Å². The van der Waals surface area contributed by atoms with E-state index in [1.807, 2.05) is 19.1 Å². The van der Waals surface area contributed by atoms with Crippen molar-refractivity contribution in [3.63, 3.8) is 0 Å². The summed E-state index contributed by atoms with van der Waals surface area (Å²) >= 11 is 7.96.